The van der Waals surface area contributed by atoms with E-state index in [1.807, 2.05) is 36.4 Å². The third kappa shape index (κ3) is 7.04. The molecule has 5 nitrogen and oxygen atoms in total. The normalized spacial score (nSPS) is 17.0. The molecule has 2 aliphatic rings. The van der Waals surface area contributed by atoms with E-state index < -0.39 is 0 Å². The lowest BCUT2D eigenvalue weighted by atomic mass is 9.90. The zero-order valence-electron chi connectivity index (χ0n) is 21.4. The van der Waals surface area contributed by atoms with Gasteiger partial charge < -0.3 is 16.0 Å². The fraction of sp³-hybridized carbons (Fsp3) is 0.387. The van der Waals surface area contributed by atoms with E-state index in [-0.39, 0.29) is 11.7 Å². The van der Waals surface area contributed by atoms with Crippen molar-refractivity contribution >= 4 is 5.91 Å². The summed E-state index contributed by atoms with van der Waals surface area (Å²) in [7, 11) is 0. The Morgan fingerprint density at radius 1 is 0.865 bits per heavy atom. The molecule has 0 aliphatic carbocycles. The van der Waals surface area contributed by atoms with Crippen molar-refractivity contribution in [3.8, 4) is 11.1 Å². The van der Waals surface area contributed by atoms with Crippen LogP contribution in [0.2, 0.25) is 0 Å². The molecule has 6 heteroatoms. The van der Waals surface area contributed by atoms with Gasteiger partial charge >= 0.3 is 0 Å². The lowest BCUT2D eigenvalue weighted by Gasteiger charge is -2.27. The van der Waals surface area contributed by atoms with Crippen molar-refractivity contribution in [1.29, 1.82) is 0 Å². The van der Waals surface area contributed by atoms with Gasteiger partial charge in [0.25, 0.3) is 5.91 Å². The number of benzene rings is 3. The minimum atomic E-state index is -0.250. The van der Waals surface area contributed by atoms with E-state index in [2.05, 4.69) is 39.0 Å². The summed E-state index contributed by atoms with van der Waals surface area (Å²) in [6.07, 6.45) is 3.38. The van der Waals surface area contributed by atoms with E-state index >= 15 is 0 Å². The standard InChI is InChI=1S/C31H37FN4O/c32-30-8-7-25(20-29(30)27-5-2-4-26(19-27)22-36-15-13-34-14-16-36)21-35-31(37)28-6-1-3-24(18-28)17-23-9-11-33-12-10-23/h1-8,18-20,23,33-34H,9-17,21-22H2,(H,35,37). The number of piperazine rings is 1. The van der Waals surface area contributed by atoms with Crippen LogP contribution < -0.4 is 16.0 Å². The molecule has 37 heavy (non-hydrogen) atoms. The van der Waals surface area contributed by atoms with Crippen molar-refractivity contribution in [3.63, 3.8) is 0 Å². The quantitative estimate of drug-likeness (QED) is 0.430. The van der Waals surface area contributed by atoms with Crippen LogP contribution >= 0.6 is 0 Å². The highest BCUT2D eigenvalue weighted by atomic mass is 19.1. The van der Waals surface area contributed by atoms with Crippen LogP contribution in [0.15, 0.2) is 66.7 Å². The first-order chi connectivity index (χ1) is 18.1. The van der Waals surface area contributed by atoms with Crippen molar-refractivity contribution < 1.29 is 9.18 Å². The summed E-state index contributed by atoms with van der Waals surface area (Å²) in [5.41, 5.74) is 5.38. The molecule has 2 aliphatic heterocycles. The van der Waals surface area contributed by atoms with Crippen molar-refractivity contribution in [2.45, 2.75) is 32.4 Å². The van der Waals surface area contributed by atoms with E-state index in [0.717, 1.165) is 63.4 Å². The average molecular weight is 501 g/mol. The third-order valence-corrected chi connectivity index (χ3v) is 7.51. The Bertz CT molecular complexity index is 1200. The molecule has 0 spiro atoms. The molecule has 3 N–H and O–H groups in total. The summed E-state index contributed by atoms with van der Waals surface area (Å²) in [5.74, 6) is 0.323. The maximum atomic E-state index is 14.8. The topological polar surface area (TPSA) is 56.4 Å². The number of nitrogens with one attached hydrogen (secondary N) is 3. The van der Waals surface area contributed by atoms with Crippen molar-refractivity contribution in [1.82, 2.24) is 20.9 Å². The Labute approximate surface area is 219 Å². The molecule has 2 fully saturated rings. The summed E-state index contributed by atoms with van der Waals surface area (Å²) in [6, 6.07) is 21.2. The molecular formula is C31H37FN4O. The molecule has 194 valence electrons. The number of carbonyl (C=O) groups excluding carboxylic acids is 1. The Morgan fingerprint density at radius 2 is 1.62 bits per heavy atom. The third-order valence-electron chi connectivity index (χ3n) is 7.51. The van der Waals surface area contributed by atoms with Gasteiger partial charge in [0.15, 0.2) is 0 Å². The van der Waals surface area contributed by atoms with Crippen molar-refractivity contribution in [3.05, 3.63) is 94.8 Å². The van der Waals surface area contributed by atoms with Gasteiger partial charge in [0.05, 0.1) is 0 Å². The summed E-state index contributed by atoms with van der Waals surface area (Å²) in [6.45, 7) is 7.42. The first-order valence-corrected chi connectivity index (χ1v) is 13.5. The Balaban J connectivity index is 1.23. The number of halogens is 1. The molecule has 2 heterocycles. The molecule has 2 saturated heterocycles. The molecule has 3 aromatic carbocycles. The van der Waals surface area contributed by atoms with Gasteiger partial charge in [-0.15, -0.1) is 0 Å². The van der Waals surface area contributed by atoms with Crippen molar-refractivity contribution in [2.24, 2.45) is 5.92 Å². The monoisotopic (exact) mass is 500 g/mol. The van der Waals surface area contributed by atoms with E-state index in [1.54, 1.807) is 6.07 Å². The number of hydrogen-bond donors (Lipinski definition) is 3. The summed E-state index contributed by atoms with van der Waals surface area (Å²) < 4.78 is 14.8. The van der Waals surface area contributed by atoms with Crippen LogP contribution in [0.25, 0.3) is 11.1 Å². The molecule has 0 unspecified atom stereocenters. The second-order valence-electron chi connectivity index (χ2n) is 10.3. The Morgan fingerprint density at radius 3 is 2.46 bits per heavy atom. The maximum absolute atomic E-state index is 14.8. The van der Waals surface area contributed by atoms with Gasteiger partial charge in [0.1, 0.15) is 5.82 Å². The summed E-state index contributed by atoms with van der Waals surface area (Å²) in [4.78, 5) is 15.3. The molecule has 3 aromatic rings. The predicted octanol–water partition coefficient (Wildman–Crippen LogP) is 4.37. The lowest BCUT2D eigenvalue weighted by molar-refractivity contribution is 0.0950. The minimum absolute atomic E-state index is 0.101. The number of rotatable bonds is 8. The summed E-state index contributed by atoms with van der Waals surface area (Å²) >= 11 is 0. The van der Waals surface area contributed by atoms with Crippen molar-refractivity contribution in [2.75, 3.05) is 39.3 Å². The minimum Gasteiger partial charge on any atom is -0.348 e. The van der Waals surface area contributed by atoms with Gasteiger partial charge in [-0.2, -0.15) is 0 Å². The molecule has 5 rings (SSSR count). The number of amides is 1. The number of piperidine rings is 1. The molecule has 0 atom stereocenters. The number of hydrogen-bond acceptors (Lipinski definition) is 4. The summed E-state index contributed by atoms with van der Waals surface area (Å²) in [5, 5.41) is 9.81. The van der Waals surface area contributed by atoms with Crippen LogP contribution in [-0.4, -0.2) is 50.1 Å². The van der Waals surface area contributed by atoms with Gasteiger partial charge in [0.2, 0.25) is 0 Å². The largest absolute Gasteiger partial charge is 0.348 e. The predicted molar refractivity (Wildman–Crippen MR) is 147 cm³/mol. The van der Waals surface area contributed by atoms with Gasteiger partial charge in [-0.25, -0.2) is 4.39 Å². The fourth-order valence-electron chi connectivity index (χ4n) is 5.41. The molecule has 0 radical (unpaired) electrons. The lowest BCUT2D eigenvalue weighted by Crippen LogP contribution is -2.42. The highest BCUT2D eigenvalue weighted by molar-refractivity contribution is 5.94. The molecule has 0 saturated carbocycles. The fourth-order valence-corrected chi connectivity index (χ4v) is 5.41. The molecular weight excluding hydrogens is 463 g/mol. The highest BCUT2D eigenvalue weighted by Crippen LogP contribution is 2.26. The second kappa shape index (κ2) is 12.5. The van der Waals surface area contributed by atoms with Crippen LogP contribution in [0.4, 0.5) is 4.39 Å². The smallest absolute Gasteiger partial charge is 0.251 e. The van der Waals surface area contributed by atoms with Gasteiger partial charge in [-0.3, -0.25) is 9.69 Å². The van der Waals surface area contributed by atoms with Crippen LogP contribution in [0.1, 0.15) is 39.9 Å². The van der Waals surface area contributed by atoms with E-state index in [0.29, 0.717) is 23.6 Å². The molecule has 0 aromatic heterocycles. The molecule has 1 amide bonds. The Hall–Kier alpha value is -3.06. The van der Waals surface area contributed by atoms with Crippen LogP contribution in [0.3, 0.4) is 0 Å². The average Bonchev–Trinajstić information content (AvgIpc) is 2.94. The number of nitrogens with zero attached hydrogens (tertiary/aromatic N) is 1. The molecule has 0 bridgehead atoms. The van der Waals surface area contributed by atoms with Crippen LogP contribution in [0, 0.1) is 11.7 Å². The highest BCUT2D eigenvalue weighted by Gasteiger charge is 2.15. The second-order valence-corrected chi connectivity index (χ2v) is 10.3. The van der Waals surface area contributed by atoms with Gasteiger partial charge in [0, 0.05) is 50.4 Å². The van der Waals surface area contributed by atoms with E-state index in [9.17, 15) is 9.18 Å². The SMILES string of the molecule is O=C(NCc1ccc(F)c(-c2cccc(CN3CCNCC3)c2)c1)c1cccc(CC2CCNCC2)c1. The van der Waals surface area contributed by atoms with Crippen LogP contribution in [0.5, 0.6) is 0 Å². The van der Waals surface area contributed by atoms with Crippen LogP contribution in [-0.2, 0) is 19.5 Å². The van der Waals surface area contributed by atoms with E-state index in [4.69, 9.17) is 0 Å². The van der Waals surface area contributed by atoms with Gasteiger partial charge in [-0.1, -0.05) is 36.4 Å². The number of carbonyl (C=O) groups is 1. The first kappa shape index (κ1) is 25.6. The zero-order chi connectivity index (χ0) is 25.5. The zero-order valence-corrected chi connectivity index (χ0v) is 21.4. The first-order valence-electron chi connectivity index (χ1n) is 13.5. The maximum Gasteiger partial charge on any atom is 0.251 e. The Kier molecular flexibility index (Phi) is 8.61. The van der Waals surface area contributed by atoms with E-state index in [1.165, 1.54) is 30.0 Å². The van der Waals surface area contributed by atoms with Gasteiger partial charge in [-0.05, 0) is 90.9 Å².